The van der Waals surface area contributed by atoms with E-state index in [1.165, 1.54) is 21.1 Å². The Kier molecular flexibility index (Phi) is 19.9. The van der Waals surface area contributed by atoms with Gasteiger partial charge in [0.25, 0.3) is 5.91 Å². The van der Waals surface area contributed by atoms with Crippen LogP contribution in [0.15, 0.2) is 29.2 Å². The van der Waals surface area contributed by atoms with Crippen molar-refractivity contribution in [1.29, 1.82) is 0 Å². The smallest absolute Gasteiger partial charge is 0.251 e. The molecule has 17 heteroatoms. The molecule has 0 radical (unpaired) electrons. The Bertz CT molecular complexity index is 1480. The van der Waals surface area contributed by atoms with Crippen LogP contribution in [-0.2, 0) is 55.8 Å². The van der Waals surface area contributed by atoms with Gasteiger partial charge in [-0.2, -0.15) is 0 Å². The molecule has 310 valence electrons. The van der Waals surface area contributed by atoms with Gasteiger partial charge in [0.15, 0.2) is 11.0 Å². The van der Waals surface area contributed by atoms with Crippen LogP contribution in [0.25, 0.3) is 0 Å². The van der Waals surface area contributed by atoms with E-state index in [0.29, 0.717) is 37.2 Å². The molecule has 0 bridgehead atoms. The molecule has 6 amide bonds. The number of methoxy groups -OCH3 is 2. The van der Waals surface area contributed by atoms with Crippen LogP contribution in [0.1, 0.15) is 72.8 Å². The molecule has 1 saturated heterocycles. The second-order valence-corrected chi connectivity index (χ2v) is 15.7. The van der Waals surface area contributed by atoms with Crippen molar-refractivity contribution in [2.24, 2.45) is 17.8 Å². The fourth-order valence-electron chi connectivity index (χ4n) is 6.97. The number of nitrogens with one attached hydrogen (secondary N) is 5. The molecule has 1 aliphatic rings. The molecule has 1 heterocycles. The van der Waals surface area contributed by atoms with E-state index >= 15 is 0 Å². The van der Waals surface area contributed by atoms with Gasteiger partial charge >= 0.3 is 0 Å². The van der Waals surface area contributed by atoms with Gasteiger partial charge in [-0.25, -0.2) is 4.21 Å². The topological polar surface area (TPSA) is 205 Å². The largest absolute Gasteiger partial charge is 0.379 e. The second kappa shape index (κ2) is 23.2. The third-order valence-electron chi connectivity index (χ3n) is 10.3. The molecular weight excluding hydrogens is 731 g/mol. The summed E-state index contributed by atoms with van der Waals surface area (Å²) in [6.07, 6.45) is 0.645. The van der Waals surface area contributed by atoms with Crippen molar-refractivity contribution in [3.63, 3.8) is 0 Å². The van der Waals surface area contributed by atoms with Crippen molar-refractivity contribution in [3.05, 3.63) is 29.8 Å². The minimum Gasteiger partial charge on any atom is -0.379 e. The molecule has 0 aromatic heterocycles. The van der Waals surface area contributed by atoms with Gasteiger partial charge in [-0.15, -0.1) is 0 Å². The lowest BCUT2D eigenvalue weighted by molar-refractivity contribution is -0.145. The van der Waals surface area contributed by atoms with Crippen molar-refractivity contribution in [2.75, 3.05) is 47.9 Å². The normalized spacial score (nSPS) is 17.9. The highest BCUT2D eigenvalue weighted by Crippen LogP contribution is 2.29. The number of hydrogen-bond acceptors (Lipinski definition) is 10. The van der Waals surface area contributed by atoms with Crippen LogP contribution in [-0.4, -0.2) is 128 Å². The Hall–Kier alpha value is -3.93. The Morgan fingerprint density at radius 3 is 2.13 bits per heavy atom. The minimum atomic E-state index is -1.87. The Morgan fingerprint density at radius 1 is 0.945 bits per heavy atom. The average molecular weight is 794 g/mol. The first-order chi connectivity index (χ1) is 26.0. The van der Waals surface area contributed by atoms with Crippen LogP contribution in [0, 0.1) is 17.8 Å². The summed E-state index contributed by atoms with van der Waals surface area (Å²) in [7, 11) is 4.48. The highest BCUT2D eigenvalue weighted by molar-refractivity contribution is 7.83. The number of amides is 6. The maximum Gasteiger partial charge on any atom is 0.251 e. The van der Waals surface area contributed by atoms with Gasteiger partial charge in [-0.3, -0.25) is 33.5 Å². The first-order valence-electron chi connectivity index (χ1n) is 18.9. The number of likely N-dealkylation sites (N-methyl/N-ethyl adjacent to an activating group) is 2. The monoisotopic (exact) mass is 793 g/mol. The minimum absolute atomic E-state index is 0.0203. The zero-order chi connectivity index (χ0) is 41.4. The molecule has 8 unspecified atom stereocenters. The predicted molar refractivity (Wildman–Crippen MR) is 208 cm³/mol. The Morgan fingerprint density at radius 2 is 1.58 bits per heavy atom. The number of hydrogen-bond donors (Lipinski definition) is 5. The van der Waals surface area contributed by atoms with E-state index in [1.807, 2.05) is 27.7 Å². The van der Waals surface area contributed by atoms with Crippen molar-refractivity contribution < 1.29 is 42.4 Å². The summed E-state index contributed by atoms with van der Waals surface area (Å²) >= 11 is 0. The Balaban J connectivity index is 2.05. The van der Waals surface area contributed by atoms with E-state index < -0.39 is 65.6 Å². The lowest BCUT2D eigenvalue weighted by Gasteiger charge is -2.39. The van der Waals surface area contributed by atoms with Crippen molar-refractivity contribution in [2.45, 2.75) is 109 Å². The average Bonchev–Trinajstić information content (AvgIpc) is 3.64. The molecular formula is C38H63N7O9S. The maximum absolute atomic E-state index is 14.0. The molecule has 0 saturated carbocycles. The number of nitrogens with zero attached hydrogens (tertiary/aromatic N) is 2. The zero-order valence-electron chi connectivity index (χ0n) is 34.1. The number of rotatable bonds is 22. The molecule has 5 N–H and O–H groups in total. The number of likely N-dealkylation sites (tertiary alicyclic amines) is 1. The standard InChI is InChI=1S/C38H63N7O9S/c1-11-24(4)35(44(8)33(49)22-42-38(51)34(39-7)23(2)3)30(53-9)19-32(48)45-18-12-13-29(45)36(54-10)25(5)37(50)41-21-31(47)43-55(52)28-16-14-27(15-17-28)20-40-26(6)46/h14-17,23-25,29-30,34-36,39H,11-13,18-22H2,1-10H3,(H,40,46)(H,41,50)(H,42,51)(H,43,47). The summed E-state index contributed by atoms with van der Waals surface area (Å²) in [6.45, 7) is 11.1. The highest BCUT2D eigenvalue weighted by Gasteiger charge is 2.42. The van der Waals surface area contributed by atoms with Gasteiger partial charge in [-0.05, 0) is 49.4 Å². The predicted octanol–water partition coefficient (Wildman–Crippen LogP) is 0.858. The molecule has 55 heavy (non-hydrogen) atoms. The van der Waals surface area contributed by atoms with E-state index in [4.69, 9.17) is 9.47 Å². The summed E-state index contributed by atoms with van der Waals surface area (Å²) in [4.78, 5) is 80.6. The third-order valence-corrected chi connectivity index (χ3v) is 11.4. The van der Waals surface area contributed by atoms with Crippen LogP contribution >= 0.6 is 0 Å². The Labute approximate surface area is 328 Å². The number of carbonyl (C=O) groups excluding carboxylic acids is 6. The second-order valence-electron chi connectivity index (χ2n) is 14.4. The van der Waals surface area contributed by atoms with E-state index in [2.05, 4.69) is 26.0 Å². The summed E-state index contributed by atoms with van der Waals surface area (Å²) in [5.41, 5.74) is 0.802. The van der Waals surface area contributed by atoms with Crippen molar-refractivity contribution in [1.82, 2.24) is 35.8 Å². The fraction of sp³-hybridized carbons (Fsp3) is 0.684. The van der Waals surface area contributed by atoms with Crippen LogP contribution in [0.2, 0.25) is 0 Å². The first-order valence-corrected chi connectivity index (χ1v) is 20.0. The summed E-state index contributed by atoms with van der Waals surface area (Å²) in [5, 5.41) is 11.0. The van der Waals surface area contributed by atoms with Gasteiger partial charge in [0.1, 0.15) is 0 Å². The van der Waals surface area contributed by atoms with E-state index in [-0.39, 0.29) is 48.4 Å². The molecule has 16 nitrogen and oxygen atoms in total. The molecule has 1 aromatic carbocycles. The van der Waals surface area contributed by atoms with Crippen LogP contribution in [0.5, 0.6) is 0 Å². The number of ether oxygens (including phenoxy) is 2. The van der Waals surface area contributed by atoms with Crippen molar-refractivity contribution in [3.8, 4) is 0 Å². The van der Waals surface area contributed by atoms with Gasteiger partial charge in [0.2, 0.25) is 29.5 Å². The van der Waals surface area contributed by atoms with Gasteiger partial charge < -0.3 is 40.5 Å². The van der Waals surface area contributed by atoms with E-state index in [0.717, 1.165) is 5.56 Å². The molecule has 1 fully saturated rings. The molecule has 2 rings (SSSR count). The van der Waals surface area contributed by atoms with Crippen LogP contribution in [0.4, 0.5) is 0 Å². The lowest BCUT2D eigenvalue weighted by atomic mass is 9.90. The fourth-order valence-corrected chi connectivity index (χ4v) is 7.75. The summed E-state index contributed by atoms with van der Waals surface area (Å²) in [6, 6.07) is 5.21. The molecule has 1 aliphatic heterocycles. The summed E-state index contributed by atoms with van der Waals surface area (Å²) < 4.78 is 26.8. The van der Waals surface area contributed by atoms with Gasteiger partial charge in [0.05, 0.1) is 60.7 Å². The van der Waals surface area contributed by atoms with Gasteiger partial charge in [-0.1, -0.05) is 53.2 Å². The molecule has 0 aliphatic carbocycles. The highest BCUT2D eigenvalue weighted by atomic mass is 32.2. The molecule has 8 atom stereocenters. The molecule has 0 spiro atoms. The zero-order valence-corrected chi connectivity index (χ0v) is 34.9. The SMILES string of the molecule is CCC(C)C(C(CC(=O)N1CCCC1C(OC)C(C)C(=O)NCC(=O)NS(=O)c1ccc(CNC(C)=O)cc1)OC)N(C)C(=O)CNC(=O)C(NC)C(C)C. The number of benzene rings is 1. The first kappa shape index (κ1) is 47.2. The molecule has 1 aromatic rings. The number of carbonyl (C=O) groups is 6. The summed E-state index contributed by atoms with van der Waals surface area (Å²) in [5.74, 6) is -2.83. The third kappa shape index (κ3) is 14.0. The van der Waals surface area contributed by atoms with Crippen molar-refractivity contribution >= 4 is 46.4 Å². The maximum atomic E-state index is 14.0. The van der Waals surface area contributed by atoms with Crippen LogP contribution < -0.4 is 26.0 Å². The van der Waals surface area contributed by atoms with E-state index in [9.17, 15) is 33.0 Å². The quantitative estimate of drug-likeness (QED) is 0.112. The van der Waals surface area contributed by atoms with E-state index in [1.54, 1.807) is 55.1 Å². The van der Waals surface area contributed by atoms with Crippen LogP contribution in [0.3, 0.4) is 0 Å². The lowest BCUT2D eigenvalue weighted by Crippen LogP contribution is -2.55. The van der Waals surface area contributed by atoms with Gasteiger partial charge in [0, 0.05) is 41.3 Å².